The Hall–Kier alpha value is -4.80. The number of carbonyl (C=O) groups is 2. The van der Waals surface area contributed by atoms with E-state index in [1.165, 1.54) is 29.2 Å². The zero-order valence-electron chi connectivity index (χ0n) is 29.2. The van der Waals surface area contributed by atoms with Gasteiger partial charge < -0.3 is 25.2 Å². The number of nitrogens with two attached hydrogens (primary N) is 1. The molecule has 1 amide bonds. The van der Waals surface area contributed by atoms with Gasteiger partial charge >= 0.3 is 12.1 Å². The number of likely N-dealkylation sites (tertiary alicyclic amines) is 1. The number of halogens is 5. The normalized spacial score (nSPS) is 16.5. The van der Waals surface area contributed by atoms with Crippen LogP contribution in [0.2, 0.25) is 0 Å². The summed E-state index contributed by atoms with van der Waals surface area (Å²) in [5.41, 5.74) is 5.49. The molecule has 0 unspecified atom stereocenters. The third-order valence-electron chi connectivity index (χ3n) is 9.32. The third kappa shape index (κ3) is 9.65. The zero-order valence-corrected chi connectivity index (χ0v) is 30.0. The molecule has 2 aliphatic rings. The predicted octanol–water partition coefficient (Wildman–Crippen LogP) is 7.32. The van der Waals surface area contributed by atoms with Crippen molar-refractivity contribution >= 4 is 32.7 Å². The highest BCUT2D eigenvalue weighted by molar-refractivity contribution is 7.89. The average molecular weight is 778 g/mol. The number of nitrogens with zero attached hydrogens (tertiary/aromatic N) is 2. The van der Waals surface area contributed by atoms with Crippen LogP contribution in [0, 0.1) is 0 Å². The largest absolute Gasteiger partial charge is 0.490 e. The highest BCUT2D eigenvalue weighted by Crippen LogP contribution is 2.39. The van der Waals surface area contributed by atoms with E-state index in [1.54, 1.807) is 42.5 Å². The monoisotopic (exact) mass is 777 g/mol. The molecule has 6 rings (SSSR count). The van der Waals surface area contributed by atoms with Gasteiger partial charge in [0, 0.05) is 31.7 Å². The van der Waals surface area contributed by atoms with E-state index in [4.69, 9.17) is 25.1 Å². The smallest absolute Gasteiger partial charge is 0.490 e. The van der Waals surface area contributed by atoms with Gasteiger partial charge in [0.25, 0.3) is 5.92 Å². The Morgan fingerprint density at radius 3 is 1.94 bits per heavy atom. The Labute approximate surface area is 309 Å². The number of sulfonamides is 1. The summed E-state index contributed by atoms with van der Waals surface area (Å²) in [5, 5.41) is 8.48. The number of piperidine rings is 1. The summed E-state index contributed by atoms with van der Waals surface area (Å²) < 4.78 is 105. The van der Waals surface area contributed by atoms with E-state index < -0.39 is 45.6 Å². The fourth-order valence-electron chi connectivity index (χ4n) is 6.30. The topological polar surface area (TPSA) is 139 Å². The molecule has 4 aromatic carbocycles. The van der Waals surface area contributed by atoms with Crippen molar-refractivity contribution in [2.45, 2.75) is 73.7 Å². The van der Waals surface area contributed by atoms with Gasteiger partial charge in [-0.3, -0.25) is 4.79 Å². The molecule has 3 N–H and O–H groups in total. The van der Waals surface area contributed by atoms with Crippen LogP contribution >= 0.6 is 0 Å². The van der Waals surface area contributed by atoms with Crippen LogP contribution < -0.4 is 15.2 Å². The Morgan fingerprint density at radius 1 is 0.815 bits per heavy atom. The van der Waals surface area contributed by atoms with E-state index in [0.717, 1.165) is 50.2 Å². The Bertz CT molecular complexity index is 2020. The van der Waals surface area contributed by atoms with Crippen molar-refractivity contribution in [3.8, 4) is 17.2 Å². The van der Waals surface area contributed by atoms with Crippen molar-refractivity contribution in [2.75, 3.05) is 20.1 Å². The van der Waals surface area contributed by atoms with Crippen molar-refractivity contribution in [2.24, 2.45) is 5.73 Å². The average Bonchev–Trinajstić information content (AvgIpc) is 3.65. The number of carbonyl (C=O) groups excluding carboxylic acids is 1. The molecule has 1 saturated carbocycles. The first-order chi connectivity index (χ1) is 25.5. The van der Waals surface area contributed by atoms with Crippen LogP contribution in [-0.4, -0.2) is 79.1 Å². The highest BCUT2D eigenvalue weighted by Gasteiger charge is 2.53. The number of likely N-dealkylation sites (N-methyl/N-ethyl adjacent to an activating group) is 1. The summed E-state index contributed by atoms with van der Waals surface area (Å²) in [6.45, 7) is 0.317. The summed E-state index contributed by atoms with van der Waals surface area (Å²) in [6, 6.07) is 21.3. The lowest BCUT2D eigenvalue weighted by atomic mass is 9.98. The number of amides is 1. The number of fused-ring (bicyclic) bond motifs is 1. The Kier molecular flexibility index (Phi) is 12.5. The maximum atomic E-state index is 16.6. The molecule has 0 spiro atoms. The second-order valence-electron chi connectivity index (χ2n) is 13.1. The molecule has 10 nitrogen and oxygen atoms in total. The highest BCUT2D eigenvalue weighted by atomic mass is 32.2. The standard InChI is InChI=1S/C36H39F2N3O5S.C2HF3O2/c1-40(47(43,44)33-18-12-25-23-32(15-11-26(25)24-33)46-30-9-5-6-10-30)34(35(42)41-21-19-28(39)20-22-41)36(37,38)27-13-16-31(17-14-27)45-29-7-3-2-4-8-29;3-2(4,5)1(6)7/h2-4,7-8,11-18,23-24,28,30,34H,5-6,9-10,19-22,39H2,1H3;(H,6,7)/t34-;/m0./s1. The summed E-state index contributed by atoms with van der Waals surface area (Å²) >= 11 is 0. The summed E-state index contributed by atoms with van der Waals surface area (Å²) in [5.74, 6) is -6.09. The summed E-state index contributed by atoms with van der Waals surface area (Å²) in [7, 11) is -3.53. The molecule has 1 atom stereocenters. The number of para-hydroxylation sites is 1. The SMILES string of the molecule is CN([C@@H](C(=O)N1CCC(N)CC1)C(F)(F)c1ccc(Oc2ccccc2)cc1)S(=O)(=O)c1ccc2cc(OC3CCCC3)ccc2c1.O=C(O)C(F)(F)F. The Morgan fingerprint density at radius 2 is 1.35 bits per heavy atom. The van der Waals surface area contributed by atoms with Crippen molar-refractivity contribution in [1.82, 2.24) is 9.21 Å². The van der Waals surface area contributed by atoms with E-state index in [0.29, 0.717) is 39.8 Å². The molecule has 4 aromatic rings. The minimum atomic E-state index is -5.08. The lowest BCUT2D eigenvalue weighted by Crippen LogP contribution is -2.58. The lowest BCUT2D eigenvalue weighted by Gasteiger charge is -2.38. The van der Waals surface area contributed by atoms with Gasteiger partial charge in [-0.05, 0) is 110 Å². The van der Waals surface area contributed by atoms with Crippen molar-refractivity contribution in [1.29, 1.82) is 0 Å². The number of alkyl halides is 5. The van der Waals surface area contributed by atoms with Crippen LogP contribution in [0.5, 0.6) is 17.2 Å². The molecule has 1 aliphatic carbocycles. The molecule has 16 heteroatoms. The van der Waals surface area contributed by atoms with Gasteiger partial charge in [0.15, 0.2) is 6.04 Å². The van der Waals surface area contributed by atoms with Gasteiger partial charge in [-0.1, -0.05) is 30.3 Å². The number of benzene rings is 4. The molecule has 1 saturated heterocycles. The van der Waals surface area contributed by atoms with Crippen molar-refractivity contribution in [3.63, 3.8) is 0 Å². The van der Waals surface area contributed by atoms with E-state index in [-0.39, 0.29) is 30.1 Å². The van der Waals surface area contributed by atoms with Gasteiger partial charge in [-0.2, -0.15) is 26.3 Å². The summed E-state index contributed by atoms with van der Waals surface area (Å²) in [6.07, 6.45) is 0.222. The van der Waals surface area contributed by atoms with Gasteiger partial charge in [0.05, 0.1) is 11.0 Å². The van der Waals surface area contributed by atoms with Gasteiger partial charge in [-0.25, -0.2) is 13.2 Å². The second kappa shape index (κ2) is 16.7. The van der Waals surface area contributed by atoms with Gasteiger partial charge in [0.1, 0.15) is 17.2 Å². The first-order valence-corrected chi connectivity index (χ1v) is 18.6. The fourth-order valence-corrected chi connectivity index (χ4v) is 7.65. The minimum Gasteiger partial charge on any atom is -0.490 e. The van der Waals surface area contributed by atoms with Crippen LogP contribution in [0.15, 0.2) is 95.9 Å². The zero-order chi connectivity index (χ0) is 39.3. The van der Waals surface area contributed by atoms with E-state index in [1.807, 2.05) is 12.1 Å². The number of rotatable bonds is 10. The van der Waals surface area contributed by atoms with E-state index in [2.05, 4.69) is 0 Å². The molecule has 1 aliphatic heterocycles. The summed E-state index contributed by atoms with van der Waals surface area (Å²) in [4.78, 5) is 23.9. The van der Waals surface area contributed by atoms with Crippen LogP contribution in [0.4, 0.5) is 22.0 Å². The van der Waals surface area contributed by atoms with Crippen LogP contribution in [0.25, 0.3) is 10.8 Å². The van der Waals surface area contributed by atoms with Crippen LogP contribution in [0.3, 0.4) is 0 Å². The number of carboxylic acids is 1. The molecule has 2 fully saturated rings. The number of ether oxygens (including phenoxy) is 2. The molecule has 1 heterocycles. The fraction of sp³-hybridized carbons (Fsp3) is 0.368. The number of hydrogen-bond acceptors (Lipinski definition) is 7. The van der Waals surface area contributed by atoms with Crippen LogP contribution in [0.1, 0.15) is 44.1 Å². The lowest BCUT2D eigenvalue weighted by molar-refractivity contribution is -0.192. The first-order valence-electron chi connectivity index (χ1n) is 17.2. The molecule has 0 bridgehead atoms. The van der Waals surface area contributed by atoms with Crippen LogP contribution in [-0.2, 0) is 25.5 Å². The van der Waals surface area contributed by atoms with Gasteiger partial charge in [-0.15, -0.1) is 0 Å². The van der Waals surface area contributed by atoms with Crippen molar-refractivity contribution in [3.05, 3.63) is 96.6 Å². The number of hydrogen-bond donors (Lipinski definition) is 2. The molecular weight excluding hydrogens is 737 g/mol. The third-order valence-corrected chi connectivity index (χ3v) is 11.1. The predicted molar refractivity (Wildman–Crippen MR) is 190 cm³/mol. The molecule has 0 aromatic heterocycles. The van der Waals surface area contributed by atoms with E-state index in [9.17, 15) is 26.4 Å². The first kappa shape index (κ1) is 40.4. The number of carboxylic acid groups (broad SMARTS) is 1. The van der Waals surface area contributed by atoms with Crippen molar-refractivity contribution < 1.29 is 54.5 Å². The molecule has 290 valence electrons. The number of aliphatic carboxylic acids is 1. The molecule has 0 radical (unpaired) electrons. The molecule has 54 heavy (non-hydrogen) atoms. The second-order valence-corrected chi connectivity index (χ2v) is 15.1. The molecular formula is C38H40F5N3O7S. The van der Waals surface area contributed by atoms with Gasteiger partial charge in [0.2, 0.25) is 15.9 Å². The quantitative estimate of drug-likeness (QED) is 0.160. The Balaban J connectivity index is 0.000000730. The van der Waals surface area contributed by atoms with E-state index >= 15 is 8.78 Å². The maximum absolute atomic E-state index is 16.6. The minimum absolute atomic E-state index is 0.154. The maximum Gasteiger partial charge on any atom is 0.490 e.